The zero-order chi connectivity index (χ0) is 15.0. The van der Waals surface area contributed by atoms with Gasteiger partial charge >= 0.3 is 5.97 Å². The van der Waals surface area contributed by atoms with Crippen molar-refractivity contribution in [2.45, 2.75) is 26.2 Å². The third-order valence-corrected chi connectivity index (χ3v) is 6.43. The Morgan fingerprint density at radius 1 is 1.43 bits per heavy atom. The number of thiophene rings is 2. The van der Waals surface area contributed by atoms with Crippen molar-refractivity contribution in [3.05, 3.63) is 22.4 Å². The highest BCUT2D eigenvalue weighted by atomic mass is 32.1. The van der Waals surface area contributed by atoms with Gasteiger partial charge in [0.05, 0.1) is 10.3 Å². The lowest BCUT2D eigenvalue weighted by Gasteiger charge is -2.39. The van der Waals surface area contributed by atoms with Crippen LogP contribution in [0, 0.1) is 5.41 Å². The Hall–Kier alpha value is -1.40. The molecule has 1 aliphatic heterocycles. The summed E-state index contributed by atoms with van der Waals surface area (Å²) in [6, 6.07) is 3.95. The van der Waals surface area contributed by atoms with Crippen LogP contribution in [0.1, 0.15) is 35.9 Å². The molecule has 112 valence electrons. The summed E-state index contributed by atoms with van der Waals surface area (Å²) in [6.07, 6.45) is 1.97. The lowest BCUT2D eigenvalue weighted by atomic mass is 9.77. The molecule has 0 saturated carbocycles. The molecule has 1 unspecified atom stereocenters. The van der Waals surface area contributed by atoms with Crippen LogP contribution in [0.2, 0.25) is 0 Å². The van der Waals surface area contributed by atoms with Crippen molar-refractivity contribution in [1.29, 1.82) is 0 Å². The second-order valence-corrected chi connectivity index (χ2v) is 7.56. The van der Waals surface area contributed by atoms with E-state index in [1.807, 2.05) is 24.4 Å². The van der Waals surface area contributed by atoms with Crippen LogP contribution in [0.5, 0.6) is 0 Å². The van der Waals surface area contributed by atoms with Crippen molar-refractivity contribution in [3.63, 3.8) is 0 Å². The van der Waals surface area contributed by atoms with Gasteiger partial charge in [-0.3, -0.25) is 9.59 Å². The fraction of sp³-hybridized carbons (Fsp3) is 0.467. The minimum Gasteiger partial charge on any atom is -0.481 e. The standard InChI is InChI=1S/C15H17NO3S2/c1-2-15(14(18)19)5-3-6-16(9-15)13(17)12-8-11-10(21-12)4-7-20-11/h4,7-8H,2-3,5-6,9H2,1H3,(H,18,19). The van der Waals surface area contributed by atoms with Gasteiger partial charge in [-0.05, 0) is 36.8 Å². The van der Waals surface area contributed by atoms with E-state index in [9.17, 15) is 14.7 Å². The molecular weight excluding hydrogens is 306 g/mol. The maximum atomic E-state index is 12.6. The van der Waals surface area contributed by atoms with Gasteiger partial charge in [-0.25, -0.2) is 0 Å². The fourth-order valence-corrected chi connectivity index (χ4v) is 5.02. The summed E-state index contributed by atoms with van der Waals surface area (Å²) in [6.45, 7) is 2.87. The molecule has 1 aliphatic rings. The molecule has 21 heavy (non-hydrogen) atoms. The molecule has 0 spiro atoms. The van der Waals surface area contributed by atoms with Gasteiger partial charge in [-0.15, -0.1) is 22.7 Å². The molecule has 2 aromatic rings. The number of hydrogen-bond acceptors (Lipinski definition) is 4. The number of carboxylic acids is 1. The summed E-state index contributed by atoms with van der Waals surface area (Å²) in [5.41, 5.74) is -0.775. The molecule has 1 fully saturated rings. The van der Waals surface area contributed by atoms with Crippen LogP contribution < -0.4 is 0 Å². The van der Waals surface area contributed by atoms with Crippen LogP contribution in [0.3, 0.4) is 0 Å². The Balaban J connectivity index is 1.84. The zero-order valence-electron chi connectivity index (χ0n) is 11.8. The Labute approximate surface area is 131 Å². The van der Waals surface area contributed by atoms with E-state index < -0.39 is 11.4 Å². The van der Waals surface area contributed by atoms with Gasteiger partial charge in [0, 0.05) is 22.5 Å². The number of fused-ring (bicyclic) bond motifs is 1. The average molecular weight is 323 g/mol. The summed E-state index contributed by atoms with van der Waals surface area (Å²) < 4.78 is 2.25. The number of piperidine rings is 1. The zero-order valence-corrected chi connectivity index (χ0v) is 13.4. The molecule has 1 atom stereocenters. The van der Waals surface area contributed by atoms with Gasteiger partial charge < -0.3 is 10.0 Å². The minimum atomic E-state index is -0.783. The lowest BCUT2D eigenvalue weighted by molar-refractivity contribution is -0.152. The summed E-state index contributed by atoms with van der Waals surface area (Å²) in [7, 11) is 0. The second kappa shape index (κ2) is 5.42. The van der Waals surface area contributed by atoms with Crippen LogP contribution in [0.4, 0.5) is 0 Å². The number of likely N-dealkylation sites (tertiary alicyclic amines) is 1. The van der Waals surface area contributed by atoms with Crippen molar-refractivity contribution < 1.29 is 14.7 Å². The molecule has 0 bridgehead atoms. The highest BCUT2D eigenvalue weighted by molar-refractivity contribution is 7.27. The van der Waals surface area contributed by atoms with Gasteiger partial charge in [0.2, 0.25) is 0 Å². The number of amides is 1. The van der Waals surface area contributed by atoms with Crippen LogP contribution in [-0.4, -0.2) is 35.0 Å². The van der Waals surface area contributed by atoms with E-state index in [0.717, 1.165) is 15.8 Å². The summed E-state index contributed by atoms with van der Waals surface area (Å²) in [5, 5.41) is 11.5. The predicted octanol–water partition coefficient (Wildman–Crippen LogP) is 3.68. The first-order chi connectivity index (χ1) is 10.1. The number of aliphatic carboxylic acids is 1. The van der Waals surface area contributed by atoms with Gasteiger partial charge in [0.15, 0.2) is 0 Å². The molecule has 1 amide bonds. The minimum absolute atomic E-state index is 0.0258. The molecule has 1 N–H and O–H groups in total. The summed E-state index contributed by atoms with van der Waals surface area (Å²) >= 11 is 3.12. The summed E-state index contributed by atoms with van der Waals surface area (Å²) in [5.74, 6) is -0.808. The average Bonchev–Trinajstić information content (AvgIpc) is 3.07. The van der Waals surface area contributed by atoms with Gasteiger partial charge in [0.25, 0.3) is 5.91 Å². The largest absolute Gasteiger partial charge is 0.481 e. The van der Waals surface area contributed by atoms with E-state index in [2.05, 4.69) is 0 Å². The molecule has 0 radical (unpaired) electrons. The Morgan fingerprint density at radius 2 is 2.24 bits per heavy atom. The van der Waals surface area contributed by atoms with E-state index in [1.54, 1.807) is 16.2 Å². The number of hydrogen-bond donors (Lipinski definition) is 1. The maximum absolute atomic E-state index is 12.6. The Morgan fingerprint density at radius 3 is 2.90 bits per heavy atom. The van der Waals surface area contributed by atoms with Crippen LogP contribution >= 0.6 is 22.7 Å². The first-order valence-corrected chi connectivity index (χ1v) is 8.75. The van der Waals surface area contributed by atoms with E-state index in [-0.39, 0.29) is 5.91 Å². The molecule has 6 heteroatoms. The van der Waals surface area contributed by atoms with E-state index >= 15 is 0 Å². The molecular formula is C15H17NO3S2. The molecule has 2 aromatic heterocycles. The SMILES string of the molecule is CCC1(C(=O)O)CCCN(C(=O)c2cc3sccc3s2)C1. The number of nitrogens with zero attached hydrogens (tertiary/aromatic N) is 1. The van der Waals surface area contributed by atoms with Crippen molar-refractivity contribution in [3.8, 4) is 0 Å². The third-order valence-electron chi connectivity index (χ3n) is 4.34. The van der Waals surface area contributed by atoms with Gasteiger partial charge in [-0.1, -0.05) is 6.92 Å². The smallest absolute Gasteiger partial charge is 0.311 e. The number of carbonyl (C=O) groups is 2. The van der Waals surface area contributed by atoms with Crippen LogP contribution in [-0.2, 0) is 4.79 Å². The van der Waals surface area contributed by atoms with Crippen LogP contribution in [0.25, 0.3) is 9.40 Å². The first kappa shape index (κ1) is 14.5. The highest BCUT2D eigenvalue weighted by Crippen LogP contribution is 2.36. The predicted molar refractivity (Wildman–Crippen MR) is 85.2 cm³/mol. The monoisotopic (exact) mass is 323 g/mol. The van der Waals surface area contributed by atoms with E-state index in [4.69, 9.17) is 0 Å². The van der Waals surface area contributed by atoms with Crippen molar-refractivity contribution in [1.82, 2.24) is 4.90 Å². The van der Waals surface area contributed by atoms with Crippen molar-refractivity contribution in [2.24, 2.45) is 5.41 Å². The normalized spacial score (nSPS) is 22.6. The topological polar surface area (TPSA) is 57.6 Å². The lowest BCUT2D eigenvalue weighted by Crippen LogP contribution is -2.49. The van der Waals surface area contributed by atoms with E-state index in [0.29, 0.717) is 30.8 Å². The van der Waals surface area contributed by atoms with E-state index in [1.165, 1.54) is 11.3 Å². The molecule has 4 nitrogen and oxygen atoms in total. The number of carbonyl (C=O) groups excluding carboxylic acids is 1. The fourth-order valence-electron chi connectivity index (χ4n) is 2.95. The Bertz CT molecular complexity index is 661. The molecule has 3 heterocycles. The third kappa shape index (κ3) is 2.46. The number of rotatable bonds is 3. The summed E-state index contributed by atoms with van der Waals surface area (Å²) in [4.78, 5) is 26.7. The molecule has 0 aromatic carbocycles. The first-order valence-electron chi connectivity index (χ1n) is 7.05. The van der Waals surface area contributed by atoms with Crippen LogP contribution in [0.15, 0.2) is 17.5 Å². The maximum Gasteiger partial charge on any atom is 0.311 e. The van der Waals surface area contributed by atoms with Gasteiger partial charge in [0.1, 0.15) is 0 Å². The molecule has 1 saturated heterocycles. The molecule has 0 aliphatic carbocycles. The highest BCUT2D eigenvalue weighted by Gasteiger charge is 2.42. The Kier molecular flexibility index (Phi) is 3.75. The molecule has 3 rings (SSSR count). The van der Waals surface area contributed by atoms with Gasteiger partial charge in [-0.2, -0.15) is 0 Å². The van der Waals surface area contributed by atoms with Crippen molar-refractivity contribution in [2.75, 3.05) is 13.1 Å². The number of carboxylic acid groups (broad SMARTS) is 1. The quantitative estimate of drug-likeness (QED) is 0.937. The van der Waals surface area contributed by atoms with Crippen molar-refractivity contribution >= 4 is 43.9 Å². The second-order valence-electron chi connectivity index (χ2n) is 5.53.